The number of hydrogen-bond donors (Lipinski definition) is 0. The van der Waals surface area contributed by atoms with Gasteiger partial charge in [-0.3, -0.25) is 4.79 Å². The molecule has 0 bridgehead atoms. The lowest BCUT2D eigenvalue weighted by Crippen LogP contribution is -2.42. The summed E-state index contributed by atoms with van der Waals surface area (Å²) in [6.07, 6.45) is -4.54. The fraction of sp³-hybridized carbons (Fsp3) is 0.409. The number of carbonyl (C=O) groups is 1. The number of fused-ring (bicyclic) bond motifs is 1. The predicted molar refractivity (Wildman–Crippen MR) is 109 cm³/mol. The van der Waals surface area contributed by atoms with Crippen LogP contribution in [0.25, 0.3) is 16.9 Å². The smallest absolute Gasteiger partial charge is 0.433 e. The van der Waals surface area contributed by atoms with Crippen molar-refractivity contribution >= 4 is 11.6 Å². The first-order chi connectivity index (χ1) is 15.5. The Morgan fingerprint density at radius 2 is 1.70 bits per heavy atom. The number of carbonyl (C=O) groups excluding carboxylic acids is 1. The summed E-state index contributed by atoms with van der Waals surface area (Å²) >= 11 is 0. The van der Waals surface area contributed by atoms with Gasteiger partial charge in [-0.25, -0.2) is 18.3 Å². The van der Waals surface area contributed by atoms with Crippen LogP contribution in [-0.2, 0) is 6.18 Å². The molecule has 1 amide bonds. The van der Waals surface area contributed by atoms with Gasteiger partial charge in [-0.05, 0) is 50.1 Å². The van der Waals surface area contributed by atoms with Gasteiger partial charge in [0.1, 0.15) is 5.75 Å². The number of nitrogens with zero attached hydrogens (tertiary/aromatic N) is 4. The fourth-order valence-corrected chi connectivity index (χ4v) is 3.94. The van der Waals surface area contributed by atoms with Gasteiger partial charge < -0.3 is 9.64 Å². The minimum atomic E-state index is -4.75. The Morgan fingerprint density at radius 3 is 2.24 bits per heavy atom. The lowest BCUT2D eigenvalue weighted by molar-refractivity contribution is -0.142. The van der Waals surface area contributed by atoms with Crippen LogP contribution < -0.4 is 4.74 Å². The molecule has 1 aliphatic rings. The maximum absolute atomic E-state index is 13.8. The Balaban J connectivity index is 1.68. The Morgan fingerprint density at radius 1 is 1.06 bits per heavy atom. The lowest BCUT2D eigenvalue weighted by Gasteiger charge is -2.34. The Bertz CT molecular complexity index is 1160. The third kappa shape index (κ3) is 4.62. The van der Waals surface area contributed by atoms with Gasteiger partial charge >= 0.3 is 6.18 Å². The molecule has 0 saturated carbocycles. The molecule has 0 spiro atoms. The van der Waals surface area contributed by atoms with E-state index in [0.717, 1.165) is 13.0 Å². The maximum Gasteiger partial charge on any atom is 0.433 e. The molecule has 3 aromatic rings. The Labute approximate surface area is 186 Å². The first kappa shape index (κ1) is 22.9. The number of aromatic nitrogens is 3. The van der Waals surface area contributed by atoms with E-state index < -0.39 is 29.6 Å². The first-order valence-electron chi connectivity index (χ1n) is 10.3. The minimum absolute atomic E-state index is 0.0577. The van der Waals surface area contributed by atoms with E-state index in [1.807, 2.05) is 0 Å². The molecule has 0 atom stereocenters. The van der Waals surface area contributed by atoms with Gasteiger partial charge in [0.25, 0.3) is 5.91 Å². The summed E-state index contributed by atoms with van der Waals surface area (Å²) in [7, 11) is 1.47. The number of hydrogen-bond acceptors (Lipinski definition) is 4. The molecule has 11 heteroatoms. The monoisotopic (exact) mass is 468 g/mol. The van der Waals surface area contributed by atoms with E-state index in [0.29, 0.717) is 15.8 Å². The van der Waals surface area contributed by atoms with Crippen LogP contribution in [0.2, 0.25) is 0 Å². The maximum atomic E-state index is 13.8. The number of ether oxygens (including phenoxy) is 1. The zero-order chi connectivity index (χ0) is 24.0. The number of benzene rings is 1. The molecule has 2 aromatic heterocycles. The van der Waals surface area contributed by atoms with Crippen LogP contribution in [0.4, 0.5) is 22.0 Å². The van der Waals surface area contributed by atoms with Crippen molar-refractivity contribution in [3.8, 4) is 17.0 Å². The van der Waals surface area contributed by atoms with E-state index in [4.69, 9.17) is 4.74 Å². The molecule has 0 unspecified atom stereocenters. The predicted octanol–water partition coefficient (Wildman–Crippen LogP) is 4.93. The number of halogens is 5. The zero-order valence-electron chi connectivity index (χ0n) is 17.9. The van der Waals surface area contributed by atoms with E-state index in [9.17, 15) is 26.7 Å². The second-order valence-corrected chi connectivity index (χ2v) is 8.08. The normalized spacial score (nSPS) is 15.8. The van der Waals surface area contributed by atoms with E-state index in [-0.39, 0.29) is 43.0 Å². The van der Waals surface area contributed by atoms with Gasteiger partial charge in [0, 0.05) is 30.6 Å². The highest BCUT2D eigenvalue weighted by Crippen LogP contribution is 2.34. The first-order valence-corrected chi connectivity index (χ1v) is 10.3. The van der Waals surface area contributed by atoms with Gasteiger partial charge in [0.05, 0.1) is 12.8 Å². The van der Waals surface area contributed by atoms with Gasteiger partial charge in [0.15, 0.2) is 17.0 Å². The number of amides is 1. The SMILES string of the molecule is COc1ccc(-c2cc(C(F)(F)F)n3nc(C(=O)N4CCC(C(C)(F)F)CC4)cc3n2)cc1. The van der Waals surface area contributed by atoms with Gasteiger partial charge in [0.2, 0.25) is 5.92 Å². The molecule has 0 N–H and O–H groups in total. The molecule has 3 heterocycles. The molecule has 6 nitrogen and oxygen atoms in total. The fourth-order valence-electron chi connectivity index (χ4n) is 3.94. The summed E-state index contributed by atoms with van der Waals surface area (Å²) < 4.78 is 74.1. The van der Waals surface area contributed by atoms with Crippen molar-refractivity contribution in [3.05, 3.63) is 47.8 Å². The van der Waals surface area contributed by atoms with E-state index >= 15 is 0 Å². The summed E-state index contributed by atoms with van der Waals surface area (Å²) in [6.45, 7) is 1.01. The van der Waals surface area contributed by atoms with Crippen LogP contribution >= 0.6 is 0 Å². The van der Waals surface area contributed by atoms with Gasteiger partial charge in [-0.15, -0.1) is 0 Å². The molecule has 1 saturated heterocycles. The molecule has 176 valence electrons. The van der Waals surface area contributed by atoms with Crippen LogP contribution in [0.1, 0.15) is 35.9 Å². The zero-order valence-corrected chi connectivity index (χ0v) is 17.9. The van der Waals surface area contributed by atoms with E-state index in [1.165, 1.54) is 18.1 Å². The van der Waals surface area contributed by atoms with Crippen LogP contribution in [-0.4, -0.2) is 51.5 Å². The Kier molecular flexibility index (Phi) is 5.75. The largest absolute Gasteiger partial charge is 0.497 e. The average Bonchev–Trinajstić information content (AvgIpc) is 3.21. The summed E-state index contributed by atoms with van der Waals surface area (Å²) in [5, 5.41) is 3.86. The van der Waals surface area contributed by atoms with Crippen molar-refractivity contribution in [1.29, 1.82) is 0 Å². The summed E-state index contributed by atoms with van der Waals surface area (Å²) in [6, 6.07) is 8.41. The highest BCUT2D eigenvalue weighted by Gasteiger charge is 2.39. The molecular weight excluding hydrogens is 447 g/mol. The van der Waals surface area contributed by atoms with Crippen LogP contribution in [0.3, 0.4) is 0 Å². The molecule has 0 radical (unpaired) electrons. The number of methoxy groups -OCH3 is 1. The highest BCUT2D eigenvalue weighted by molar-refractivity contribution is 5.93. The summed E-state index contributed by atoms with van der Waals surface area (Å²) in [5.74, 6) is -3.76. The van der Waals surface area contributed by atoms with Crippen LogP contribution in [0.5, 0.6) is 5.75 Å². The number of alkyl halides is 5. The van der Waals surface area contributed by atoms with E-state index in [1.54, 1.807) is 24.3 Å². The highest BCUT2D eigenvalue weighted by atomic mass is 19.4. The van der Waals surface area contributed by atoms with Crippen molar-refractivity contribution in [1.82, 2.24) is 19.5 Å². The minimum Gasteiger partial charge on any atom is -0.497 e. The molecule has 4 rings (SSSR count). The number of piperidine rings is 1. The second kappa shape index (κ2) is 8.27. The summed E-state index contributed by atoms with van der Waals surface area (Å²) in [5.41, 5.74) is -0.958. The summed E-state index contributed by atoms with van der Waals surface area (Å²) in [4.78, 5) is 18.4. The molecule has 1 aromatic carbocycles. The van der Waals surface area contributed by atoms with Crippen molar-refractivity contribution in [2.75, 3.05) is 20.2 Å². The van der Waals surface area contributed by atoms with Crippen molar-refractivity contribution < 1.29 is 31.5 Å². The lowest BCUT2D eigenvalue weighted by atomic mass is 9.91. The second-order valence-electron chi connectivity index (χ2n) is 8.08. The molecule has 1 aliphatic heterocycles. The quantitative estimate of drug-likeness (QED) is 0.510. The van der Waals surface area contributed by atoms with Crippen molar-refractivity contribution in [2.45, 2.75) is 31.9 Å². The van der Waals surface area contributed by atoms with Crippen molar-refractivity contribution in [3.63, 3.8) is 0 Å². The molecule has 0 aliphatic carbocycles. The van der Waals surface area contributed by atoms with Gasteiger partial charge in [-0.1, -0.05) is 0 Å². The van der Waals surface area contributed by atoms with Gasteiger partial charge in [-0.2, -0.15) is 18.3 Å². The molecule has 1 fully saturated rings. The topological polar surface area (TPSA) is 59.7 Å². The van der Waals surface area contributed by atoms with Crippen LogP contribution in [0.15, 0.2) is 36.4 Å². The molecule has 33 heavy (non-hydrogen) atoms. The standard InChI is InChI=1S/C22H21F5N4O2/c1-21(23,24)14-7-9-30(10-8-14)20(32)17-12-19-28-16(13-3-5-15(33-2)6-4-13)11-18(22(25,26)27)31(19)29-17/h3-6,11-12,14H,7-10H2,1-2H3. The third-order valence-corrected chi connectivity index (χ3v) is 5.82. The number of likely N-dealkylation sites (tertiary alicyclic amines) is 1. The van der Waals surface area contributed by atoms with Crippen molar-refractivity contribution in [2.24, 2.45) is 5.92 Å². The average molecular weight is 468 g/mol. The number of rotatable bonds is 4. The Hall–Kier alpha value is -3.24. The third-order valence-electron chi connectivity index (χ3n) is 5.82. The van der Waals surface area contributed by atoms with E-state index in [2.05, 4.69) is 10.1 Å². The van der Waals surface area contributed by atoms with Crippen LogP contribution in [0, 0.1) is 5.92 Å². The molecular formula is C22H21F5N4O2.